The van der Waals surface area contributed by atoms with Crippen molar-refractivity contribution < 1.29 is 19.1 Å². The first-order chi connectivity index (χ1) is 10.2. The third kappa shape index (κ3) is 3.63. The van der Waals surface area contributed by atoms with Crippen LogP contribution in [0.5, 0.6) is 0 Å². The monoisotopic (exact) mass is 308 g/mol. The smallest absolute Gasteiger partial charge is 0.410 e. The number of ether oxygens (including phenoxy) is 1. The number of aldehydes is 1. The highest BCUT2D eigenvalue weighted by Crippen LogP contribution is 2.15. The number of carbonyl (C=O) groups is 3. The second kappa shape index (κ2) is 5.78. The lowest BCUT2D eigenvalue weighted by atomic mass is 10.1. The molecule has 1 aromatic heterocycles. The first-order valence-corrected chi connectivity index (χ1v) is 6.97. The van der Waals surface area contributed by atoms with E-state index in [1.807, 2.05) is 0 Å². The molecule has 22 heavy (non-hydrogen) atoms. The lowest BCUT2D eigenvalue weighted by Gasteiger charge is -2.39. The average Bonchev–Trinajstić information content (AvgIpc) is 2.72. The minimum Gasteiger partial charge on any atom is -0.444 e. The van der Waals surface area contributed by atoms with Crippen molar-refractivity contribution in [2.75, 3.05) is 13.1 Å². The van der Waals surface area contributed by atoms with Crippen molar-refractivity contribution in [1.29, 1.82) is 0 Å². The van der Waals surface area contributed by atoms with E-state index in [-0.39, 0.29) is 23.7 Å². The molecule has 0 saturated carbocycles. The Balaban J connectivity index is 1.84. The van der Waals surface area contributed by atoms with Gasteiger partial charge in [0.25, 0.3) is 5.91 Å². The van der Waals surface area contributed by atoms with Crippen LogP contribution in [-0.4, -0.2) is 57.7 Å². The van der Waals surface area contributed by atoms with E-state index < -0.39 is 5.60 Å². The minimum absolute atomic E-state index is 0.130. The van der Waals surface area contributed by atoms with Gasteiger partial charge in [-0.3, -0.25) is 14.3 Å². The van der Waals surface area contributed by atoms with Gasteiger partial charge in [0.1, 0.15) is 17.0 Å². The van der Waals surface area contributed by atoms with Gasteiger partial charge in [0.2, 0.25) is 0 Å². The largest absolute Gasteiger partial charge is 0.444 e. The summed E-state index contributed by atoms with van der Waals surface area (Å²) in [5, 5.41) is 6.68. The summed E-state index contributed by atoms with van der Waals surface area (Å²) in [5.74, 6) is -0.322. The fraction of sp³-hybridized carbons (Fsp3) is 0.571. The number of nitrogens with zero attached hydrogens (tertiary/aromatic N) is 3. The molecule has 0 radical (unpaired) electrons. The molecule has 8 heteroatoms. The van der Waals surface area contributed by atoms with E-state index in [2.05, 4.69) is 10.4 Å². The molecule has 0 atom stereocenters. The van der Waals surface area contributed by atoms with Crippen molar-refractivity contribution in [2.24, 2.45) is 7.05 Å². The number of nitrogens with one attached hydrogen (secondary N) is 1. The molecular formula is C14H20N4O4. The van der Waals surface area contributed by atoms with Gasteiger partial charge in [0.15, 0.2) is 6.29 Å². The first-order valence-electron chi connectivity index (χ1n) is 6.97. The van der Waals surface area contributed by atoms with E-state index >= 15 is 0 Å². The predicted octanol–water partition coefficient (Wildman–Crippen LogP) is 0.582. The zero-order valence-electron chi connectivity index (χ0n) is 13.1. The topological polar surface area (TPSA) is 93.5 Å². The Morgan fingerprint density at radius 2 is 2.05 bits per heavy atom. The van der Waals surface area contributed by atoms with Gasteiger partial charge < -0.3 is 15.0 Å². The maximum Gasteiger partial charge on any atom is 0.410 e. The number of aromatic nitrogens is 2. The molecule has 1 aliphatic rings. The van der Waals surface area contributed by atoms with Gasteiger partial charge in [-0.15, -0.1) is 0 Å². The van der Waals surface area contributed by atoms with Crippen LogP contribution in [0.3, 0.4) is 0 Å². The van der Waals surface area contributed by atoms with Gasteiger partial charge in [-0.2, -0.15) is 5.10 Å². The van der Waals surface area contributed by atoms with Crippen molar-refractivity contribution in [3.8, 4) is 0 Å². The number of aryl methyl sites for hydroxylation is 1. The Morgan fingerprint density at radius 3 is 2.55 bits per heavy atom. The highest BCUT2D eigenvalue weighted by atomic mass is 16.6. The Morgan fingerprint density at radius 1 is 1.41 bits per heavy atom. The molecule has 0 aliphatic carbocycles. The van der Waals surface area contributed by atoms with E-state index in [1.165, 1.54) is 15.6 Å². The van der Waals surface area contributed by atoms with Crippen LogP contribution < -0.4 is 5.32 Å². The van der Waals surface area contributed by atoms with Crippen LogP contribution in [0.1, 0.15) is 41.7 Å². The molecule has 8 nitrogen and oxygen atoms in total. The van der Waals surface area contributed by atoms with Crippen molar-refractivity contribution >= 4 is 18.3 Å². The van der Waals surface area contributed by atoms with Crippen molar-refractivity contribution in [2.45, 2.75) is 32.4 Å². The molecule has 0 bridgehead atoms. The summed E-state index contributed by atoms with van der Waals surface area (Å²) in [6, 6.07) is 1.29. The Kier molecular flexibility index (Phi) is 4.20. The standard InChI is InChI=1S/C14H20N4O4/c1-14(2,3)22-13(21)18-6-10(7-18)15-12(20)11-5-9(8-19)16-17(11)4/h5,8,10H,6-7H2,1-4H3,(H,15,20). The van der Waals surface area contributed by atoms with Crippen molar-refractivity contribution in [3.05, 3.63) is 17.5 Å². The second-order valence-corrected chi connectivity index (χ2v) is 6.25. The fourth-order valence-corrected chi connectivity index (χ4v) is 2.06. The van der Waals surface area contributed by atoms with Gasteiger partial charge >= 0.3 is 6.09 Å². The van der Waals surface area contributed by atoms with Crippen LogP contribution in [-0.2, 0) is 11.8 Å². The molecule has 2 amide bonds. The summed E-state index contributed by atoms with van der Waals surface area (Å²) in [5.41, 5.74) is -0.0276. The van der Waals surface area contributed by atoms with E-state index in [0.717, 1.165) is 0 Å². The summed E-state index contributed by atoms with van der Waals surface area (Å²) < 4.78 is 6.59. The summed E-state index contributed by atoms with van der Waals surface area (Å²) in [6.07, 6.45) is 0.200. The predicted molar refractivity (Wildman–Crippen MR) is 77.7 cm³/mol. The van der Waals surface area contributed by atoms with Gasteiger partial charge in [-0.05, 0) is 26.8 Å². The molecule has 2 rings (SSSR count). The van der Waals surface area contributed by atoms with Crippen LogP contribution in [0.4, 0.5) is 4.79 Å². The Labute approximate surface area is 128 Å². The first kappa shape index (κ1) is 16.0. The fourth-order valence-electron chi connectivity index (χ4n) is 2.06. The van der Waals surface area contributed by atoms with Crippen LogP contribution in [0.2, 0.25) is 0 Å². The number of hydrogen-bond acceptors (Lipinski definition) is 5. The summed E-state index contributed by atoms with van der Waals surface area (Å²) >= 11 is 0. The van der Waals surface area contributed by atoms with Gasteiger partial charge in [0.05, 0.1) is 6.04 Å². The number of likely N-dealkylation sites (tertiary alicyclic amines) is 1. The van der Waals surface area contributed by atoms with Crippen LogP contribution >= 0.6 is 0 Å². The zero-order chi connectivity index (χ0) is 16.5. The number of hydrogen-bond donors (Lipinski definition) is 1. The van der Waals surface area contributed by atoms with Crippen LogP contribution in [0.25, 0.3) is 0 Å². The molecule has 2 heterocycles. The number of carbonyl (C=O) groups excluding carboxylic acids is 3. The Bertz CT molecular complexity index is 596. The maximum atomic E-state index is 12.1. The van der Waals surface area contributed by atoms with Gasteiger partial charge in [-0.25, -0.2) is 4.79 Å². The minimum atomic E-state index is -0.536. The van der Waals surface area contributed by atoms with Crippen molar-refractivity contribution in [1.82, 2.24) is 20.0 Å². The third-order valence-corrected chi connectivity index (χ3v) is 3.12. The molecule has 0 spiro atoms. The van der Waals surface area contributed by atoms with E-state index in [1.54, 1.807) is 27.8 Å². The van der Waals surface area contributed by atoms with Crippen LogP contribution in [0.15, 0.2) is 6.07 Å². The lowest BCUT2D eigenvalue weighted by molar-refractivity contribution is 0.00528. The van der Waals surface area contributed by atoms with E-state index in [0.29, 0.717) is 25.1 Å². The highest BCUT2D eigenvalue weighted by Gasteiger charge is 2.35. The molecule has 0 unspecified atom stereocenters. The molecule has 120 valence electrons. The zero-order valence-corrected chi connectivity index (χ0v) is 13.1. The molecule has 0 aromatic carbocycles. The van der Waals surface area contributed by atoms with E-state index in [9.17, 15) is 14.4 Å². The summed E-state index contributed by atoms with van der Waals surface area (Å²) in [4.78, 5) is 36.0. The van der Waals surface area contributed by atoms with Gasteiger partial charge in [0, 0.05) is 20.1 Å². The third-order valence-electron chi connectivity index (χ3n) is 3.12. The Hall–Kier alpha value is -2.38. The second-order valence-electron chi connectivity index (χ2n) is 6.25. The maximum absolute atomic E-state index is 12.1. The molecule has 1 N–H and O–H groups in total. The molecule has 1 fully saturated rings. The van der Waals surface area contributed by atoms with Gasteiger partial charge in [-0.1, -0.05) is 0 Å². The summed E-state index contributed by atoms with van der Waals surface area (Å²) in [7, 11) is 1.59. The molecule has 1 aliphatic heterocycles. The van der Waals surface area contributed by atoms with E-state index in [4.69, 9.17) is 4.74 Å². The molecule has 1 aromatic rings. The molecule has 1 saturated heterocycles. The SMILES string of the molecule is Cn1nc(C=O)cc1C(=O)NC1CN(C(=O)OC(C)(C)C)C1. The number of amides is 2. The highest BCUT2D eigenvalue weighted by molar-refractivity contribution is 5.94. The summed E-state index contributed by atoms with van der Waals surface area (Å²) in [6.45, 7) is 6.21. The average molecular weight is 308 g/mol. The quantitative estimate of drug-likeness (QED) is 0.825. The normalized spacial score (nSPS) is 15.2. The molecular weight excluding hydrogens is 288 g/mol. The number of rotatable bonds is 3. The lowest BCUT2D eigenvalue weighted by Crippen LogP contribution is -2.61. The van der Waals surface area contributed by atoms with Crippen molar-refractivity contribution in [3.63, 3.8) is 0 Å². The van der Waals surface area contributed by atoms with Crippen LogP contribution in [0, 0.1) is 0 Å².